The summed E-state index contributed by atoms with van der Waals surface area (Å²) < 4.78 is 0. The first-order valence-corrected chi connectivity index (χ1v) is 4.73. The van der Waals surface area contributed by atoms with Crippen LogP contribution in [-0.2, 0) is 11.3 Å². The maximum atomic E-state index is 11.4. The molecule has 0 bridgehead atoms. The second-order valence-electron chi connectivity index (χ2n) is 3.21. The summed E-state index contributed by atoms with van der Waals surface area (Å²) in [5.41, 5.74) is 1.11. The Hall–Kier alpha value is -1.35. The van der Waals surface area contributed by atoms with Crippen LogP contribution in [0.15, 0.2) is 30.3 Å². The fourth-order valence-electron chi connectivity index (χ4n) is 1.07. The largest absolute Gasteiger partial charge is 0.351 e. The number of benzene rings is 1. The molecule has 0 radical (unpaired) electrons. The molecule has 0 saturated heterocycles. The molecular weight excluding hydrogens is 176 g/mol. The van der Waals surface area contributed by atoms with Crippen molar-refractivity contribution in [1.29, 1.82) is 0 Å². The van der Waals surface area contributed by atoms with Crippen molar-refractivity contribution in [2.24, 2.45) is 0 Å². The van der Waals surface area contributed by atoms with Crippen molar-refractivity contribution in [3.8, 4) is 0 Å². The van der Waals surface area contributed by atoms with Gasteiger partial charge >= 0.3 is 0 Å². The molecule has 1 aromatic rings. The standard InChI is InChI=1S/C11H16N2O/c1-9(12-2)11(14)13-8-10-6-4-3-5-7-10/h3-7,9,12H,8H2,1-2H3,(H,13,14). The molecule has 0 heterocycles. The lowest BCUT2D eigenvalue weighted by atomic mass is 10.2. The molecule has 2 N–H and O–H groups in total. The highest BCUT2D eigenvalue weighted by atomic mass is 16.2. The van der Waals surface area contributed by atoms with Gasteiger partial charge in [-0.3, -0.25) is 4.79 Å². The zero-order valence-electron chi connectivity index (χ0n) is 8.58. The molecule has 0 saturated carbocycles. The Kier molecular flexibility index (Phi) is 4.13. The fraction of sp³-hybridized carbons (Fsp3) is 0.364. The Morgan fingerprint density at radius 2 is 2.00 bits per heavy atom. The summed E-state index contributed by atoms with van der Waals surface area (Å²) in [5, 5.41) is 5.74. The van der Waals surface area contributed by atoms with E-state index >= 15 is 0 Å². The quantitative estimate of drug-likeness (QED) is 0.744. The highest BCUT2D eigenvalue weighted by Crippen LogP contribution is 1.97. The van der Waals surface area contributed by atoms with Gasteiger partial charge in [-0.15, -0.1) is 0 Å². The van der Waals surface area contributed by atoms with Crippen molar-refractivity contribution < 1.29 is 4.79 Å². The van der Waals surface area contributed by atoms with E-state index in [1.54, 1.807) is 7.05 Å². The molecular formula is C11H16N2O. The van der Waals surface area contributed by atoms with Crippen LogP contribution in [0.1, 0.15) is 12.5 Å². The Balaban J connectivity index is 2.38. The number of carbonyl (C=O) groups is 1. The normalized spacial score (nSPS) is 12.1. The molecule has 14 heavy (non-hydrogen) atoms. The van der Waals surface area contributed by atoms with Crippen LogP contribution in [0.3, 0.4) is 0 Å². The summed E-state index contributed by atoms with van der Waals surface area (Å²) in [6.45, 7) is 2.42. The van der Waals surface area contributed by atoms with E-state index in [4.69, 9.17) is 0 Å². The molecule has 0 aliphatic rings. The van der Waals surface area contributed by atoms with Crippen LogP contribution in [-0.4, -0.2) is 19.0 Å². The first-order valence-electron chi connectivity index (χ1n) is 4.73. The summed E-state index contributed by atoms with van der Waals surface area (Å²) in [7, 11) is 1.77. The zero-order chi connectivity index (χ0) is 10.4. The summed E-state index contributed by atoms with van der Waals surface area (Å²) >= 11 is 0. The number of hydrogen-bond acceptors (Lipinski definition) is 2. The Labute approximate surface area is 84.5 Å². The van der Waals surface area contributed by atoms with Gasteiger partial charge in [-0.2, -0.15) is 0 Å². The minimum absolute atomic E-state index is 0.0244. The first-order chi connectivity index (χ1) is 6.74. The topological polar surface area (TPSA) is 41.1 Å². The van der Waals surface area contributed by atoms with Crippen molar-refractivity contribution in [1.82, 2.24) is 10.6 Å². The Morgan fingerprint density at radius 1 is 1.36 bits per heavy atom. The molecule has 76 valence electrons. The summed E-state index contributed by atoms with van der Waals surface area (Å²) in [4.78, 5) is 11.4. The maximum Gasteiger partial charge on any atom is 0.237 e. The lowest BCUT2D eigenvalue weighted by Crippen LogP contribution is -2.39. The van der Waals surface area contributed by atoms with Crippen LogP contribution < -0.4 is 10.6 Å². The third-order valence-corrected chi connectivity index (χ3v) is 2.14. The number of likely N-dealkylation sites (N-methyl/N-ethyl adjacent to an activating group) is 1. The Bertz CT molecular complexity index is 285. The van der Waals surface area contributed by atoms with Crippen molar-refractivity contribution in [3.63, 3.8) is 0 Å². The highest BCUT2D eigenvalue weighted by molar-refractivity contribution is 5.81. The lowest BCUT2D eigenvalue weighted by Gasteiger charge is -2.10. The third-order valence-electron chi connectivity index (χ3n) is 2.14. The van der Waals surface area contributed by atoms with E-state index in [1.807, 2.05) is 37.3 Å². The maximum absolute atomic E-state index is 11.4. The predicted octanol–water partition coefficient (Wildman–Crippen LogP) is 0.911. The smallest absolute Gasteiger partial charge is 0.237 e. The minimum atomic E-state index is -0.140. The van der Waals surface area contributed by atoms with E-state index in [2.05, 4.69) is 10.6 Å². The van der Waals surface area contributed by atoms with E-state index in [0.717, 1.165) is 5.56 Å². The van der Waals surface area contributed by atoms with Crippen molar-refractivity contribution in [3.05, 3.63) is 35.9 Å². The van der Waals surface area contributed by atoms with Gasteiger partial charge in [0.25, 0.3) is 0 Å². The molecule has 0 aliphatic heterocycles. The van der Waals surface area contributed by atoms with Crippen LogP contribution in [0.2, 0.25) is 0 Å². The number of nitrogens with one attached hydrogen (secondary N) is 2. The average molecular weight is 192 g/mol. The van der Waals surface area contributed by atoms with Gasteiger partial charge in [-0.25, -0.2) is 0 Å². The molecule has 3 nitrogen and oxygen atoms in total. The number of carbonyl (C=O) groups excluding carboxylic acids is 1. The van der Waals surface area contributed by atoms with Gasteiger partial charge in [0.05, 0.1) is 6.04 Å². The first kappa shape index (κ1) is 10.7. The van der Waals surface area contributed by atoms with E-state index in [0.29, 0.717) is 6.54 Å². The summed E-state index contributed by atoms with van der Waals surface area (Å²) in [6, 6.07) is 9.72. The van der Waals surface area contributed by atoms with Gasteiger partial charge in [0.1, 0.15) is 0 Å². The van der Waals surface area contributed by atoms with Gasteiger partial charge in [-0.05, 0) is 19.5 Å². The van der Waals surface area contributed by atoms with Gasteiger partial charge < -0.3 is 10.6 Å². The third kappa shape index (κ3) is 3.18. The predicted molar refractivity (Wildman–Crippen MR) is 56.8 cm³/mol. The summed E-state index contributed by atoms with van der Waals surface area (Å²) in [5.74, 6) is 0.0244. The number of hydrogen-bond donors (Lipinski definition) is 2. The number of rotatable bonds is 4. The van der Waals surface area contributed by atoms with E-state index < -0.39 is 0 Å². The molecule has 0 aromatic heterocycles. The van der Waals surface area contributed by atoms with Gasteiger partial charge in [-0.1, -0.05) is 30.3 Å². The van der Waals surface area contributed by atoms with Crippen LogP contribution in [0.25, 0.3) is 0 Å². The van der Waals surface area contributed by atoms with Crippen LogP contribution in [0, 0.1) is 0 Å². The second-order valence-corrected chi connectivity index (χ2v) is 3.21. The molecule has 1 aromatic carbocycles. The van der Waals surface area contributed by atoms with Crippen LogP contribution in [0.5, 0.6) is 0 Å². The van der Waals surface area contributed by atoms with Crippen LogP contribution in [0.4, 0.5) is 0 Å². The van der Waals surface area contributed by atoms with E-state index in [9.17, 15) is 4.79 Å². The molecule has 0 spiro atoms. The monoisotopic (exact) mass is 192 g/mol. The summed E-state index contributed by atoms with van der Waals surface area (Å²) in [6.07, 6.45) is 0. The average Bonchev–Trinajstić information content (AvgIpc) is 2.26. The second kappa shape index (κ2) is 5.40. The molecule has 3 heteroatoms. The molecule has 1 unspecified atom stereocenters. The minimum Gasteiger partial charge on any atom is -0.351 e. The molecule has 0 aliphatic carbocycles. The highest BCUT2D eigenvalue weighted by Gasteiger charge is 2.08. The van der Waals surface area contributed by atoms with E-state index in [1.165, 1.54) is 0 Å². The molecule has 0 fully saturated rings. The molecule has 1 atom stereocenters. The van der Waals surface area contributed by atoms with Crippen molar-refractivity contribution in [2.75, 3.05) is 7.05 Å². The van der Waals surface area contributed by atoms with Crippen molar-refractivity contribution >= 4 is 5.91 Å². The van der Waals surface area contributed by atoms with E-state index in [-0.39, 0.29) is 11.9 Å². The number of amides is 1. The van der Waals surface area contributed by atoms with Gasteiger partial charge in [0.2, 0.25) is 5.91 Å². The molecule has 1 amide bonds. The SMILES string of the molecule is CNC(C)C(=O)NCc1ccccc1. The molecule has 1 rings (SSSR count). The van der Waals surface area contributed by atoms with Gasteiger partial charge in [0, 0.05) is 6.54 Å². The Morgan fingerprint density at radius 3 is 2.57 bits per heavy atom. The zero-order valence-corrected chi connectivity index (χ0v) is 8.58. The lowest BCUT2D eigenvalue weighted by molar-refractivity contribution is -0.122. The van der Waals surface area contributed by atoms with Crippen molar-refractivity contribution in [2.45, 2.75) is 19.5 Å². The van der Waals surface area contributed by atoms with Crippen LogP contribution >= 0.6 is 0 Å². The van der Waals surface area contributed by atoms with Gasteiger partial charge in [0.15, 0.2) is 0 Å². The fourth-order valence-corrected chi connectivity index (χ4v) is 1.07.